The standard InChI is InChI=1S/C15H27N3O2.HI/c1-3-4-5-8-17-15(16-2)18-9-11-20-14(12-18)13-7-6-10-19-13;/h3-4,13-14H,5-12H2,1-2H3,(H,16,17);1H/b4-3+;. The lowest BCUT2D eigenvalue weighted by molar-refractivity contribution is -0.0816. The van der Waals surface area contributed by atoms with Crippen LogP contribution < -0.4 is 5.32 Å². The summed E-state index contributed by atoms with van der Waals surface area (Å²) in [5, 5.41) is 3.41. The lowest BCUT2D eigenvalue weighted by Gasteiger charge is -2.37. The molecule has 2 aliphatic heterocycles. The van der Waals surface area contributed by atoms with Crippen LogP contribution in [0.1, 0.15) is 26.2 Å². The summed E-state index contributed by atoms with van der Waals surface area (Å²) in [4.78, 5) is 6.66. The van der Waals surface area contributed by atoms with Crippen molar-refractivity contribution < 1.29 is 9.47 Å². The highest BCUT2D eigenvalue weighted by Gasteiger charge is 2.32. The van der Waals surface area contributed by atoms with Crippen molar-refractivity contribution in [3.05, 3.63) is 12.2 Å². The zero-order valence-corrected chi connectivity index (χ0v) is 15.4. The van der Waals surface area contributed by atoms with Gasteiger partial charge in [-0.1, -0.05) is 12.2 Å². The summed E-state index contributed by atoms with van der Waals surface area (Å²) < 4.78 is 11.6. The number of rotatable bonds is 4. The molecule has 0 aliphatic carbocycles. The second kappa shape index (κ2) is 10.4. The van der Waals surface area contributed by atoms with Gasteiger partial charge in [-0.3, -0.25) is 4.99 Å². The molecular formula is C15H28IN3O2. The molecule has 2 saturated heterocycles. The van der Waals surface area contributed by atoms with E-state index < -0.39 is 0 Å². The van der Waals surface area contributed by atoms with Crippen LogP contribution in [0, 0.1) is 0 Å². The van der Waals surface area contributed by atoms with Gasteiger partial charge in [0.15, 0.2) is 5.96 Å². The highest BCUT2D eigenvalue weighted by Crippen LogP contribution is 2.20. The molecular weight excluding hydrogens is 381 g/mol. The van der Waals surface area contributed by atoms with Gasteiger partial charge in [-0.15, -0.1) is 24.0 Å². The molecule has 0 aromatic carbocycles. The molecule has 2 aliphatic rings. The van der Waals surface area contributed by atoms with E-state index in [1.165, 1.54) is 0 Å². The second-order valence-corrected chi connectivity index (χ2v) is 5.24. The minimum Gasteiger partial charge on any atom is -0.375 e. The Morgan fingerprint density at radius 2 is 2.14 bits per heavy atom. The van der Waals surface area contributed by atoms with Gasteiger partial charge >= 0.3 is 0 Å². The number of ether oxygens (including phenoxy) is 2. The monoisotopic (exact) mass is 409 g/mol. The van der Waals surface area contributed by atoms with Crippen LogP contribution in [0.5, 0.6) is 0 Å². The minimum absolute atomic E-state index is 0. The first-order valence-electron chi connectivity index (χ1n) is 7.65. The van der Waals surface area contributed by atoms with E-state index in [0.717, 1.165) is 58.1 Å². The van der Waals surface area contributed by atoms with E-state index in [-0.39, 0.29) is 36.2 Å². The molecule has 6 heteroatoms. The lowest BCUT2D eigenvalue weighted by Crippen LogP contribution is -2.53. The predicted molar refractivity (Wildman–Crippen MR) is 96.5 cm³/mol. The van der Waals surface area contributed by atoms with Crippen LogP contribution >= 0.6 is 24.0 Å². The molecule has 5 nitrogen and oxygen atoms in total. The largest absolute Gasteiger partial charge is 0.375 e. The number of hydrogen-bond acceptors (Lipinski definition) is 3. The average Bonchev–Trinajstić information content (AvgIpc) is 3.02. The molecule has 0 saturated carbocycles. The number of aliphatic imine (C=N–C) groups is 1. The number of halogens is 1. The van der Waals surface area contributed by atoms with Gasteiger partial charge in [-0.05, 0) is 26.2 Å². The van der Waals surface area contributed by atoms with Crippen LogP contribution in [0.25, 0.3) is 0 Å². The first-order valence-corrected chi connectivity index (χ1v) is 7.65. The SMILES string of the molecule is C/C=C/CCNC(=NC)N1CCOC(C2CCCO2)C1.I. The van der Waals surface area contributed by atoms with Gasteiger partial charge < -0.3 is 19.7 Å². The molecule has 0 bridgehead atoms. The van der Waals surface area contributed by atoms with E-state index in [0.29, 0.717) is 0 Å². The summed E-state index contributed by atoms with van der Waals surface area (Å²) in [7, 11) is 1.84. The molecule has 0 spiro atoms. The molecule has 0 aromatic heterocycles. The maximum absolute atomic E-state index is 5.87. The summed E-state index contributed by atoms with van der Waals surface area (Å²) in [6.45, 7) is 6.35. The fraction of sp³-hybridized carbons (Fsp3) is 0.800. The number of allylic oxidation sites excluding steroid dienone is 1. The van der Waals surface area contributed by atoms with Crippen molar-refractivity contribution in [2.24, 2.45) is 4.99 Å². The maximum atomic E-state index is 5.87. The Labute approximate surface area is 145 Å². The maximum Gasteiger partial charge on any atom is 0.193 e. The summed E-state index contributed by atoms with van der Waals surface area (Å²) in [6.07, 6.45) is 7.97. The number of guanidine groups is 1. The molecule has 2 atom stereocenters. The molecule has 1 N–H and O–H groups in total. The zero-order valence-electron chi connectivity index (χ0n) is 13.1. The molecule has 2 fully saturated rings. The summed E-state index contributed by atoms with van der Waals surface area (Å²) in [6, 6.07) is 0. The molecule has 21 heavy (non-hydrogen) atoms. The van der Waals surface area contributed by atoms with Crippen molar-refractivity contribution in [2.45, 2.75) is 38.4 Å². The third-order valence-corrected chi connectivity index (χ3v) is 3.81. The number of hydrogen-bond donors (Lipinski definition) is 1. The summed E-state index contributed by atoms with van der Waals surface area (Å²) in [5.41, 5.74) is 0. The third-order valence-electron chi connectivity index (χ3n) is 3.81. The van der Waals surface area contributed by atoms with Crippen molar-refractivity contribution >= 4 is 29.9 Å². The van der Waals surface area contributed by atoms with E-state index in [2.05, 4.69) is 27.4 Å². The molecule has 122 valence electrons. The third kappa shape index (κ3) is 5.75. The number of nitrogens with one attached hydrogen (secondary N) is 1. The highest BCUT2D eigenvalue weighted by molar-refractivity contribution is 14.0. The van der Waals surface area contributed by atoms with Crippen molar-refractivity contribution in [3.8, 4) is 0 Å². The molecule has 2 unspecified atom stereocenters. The Morgan fingerprint density at radius 1 is 1.33 bits per heavy atom. The van der Waals surface area contributed by atoms with Gasteiger partial charge in [0.25, 0.3) is 0 Å². The van der Waals surface area contributed by atoms with Crippen LogP contribution in [0.4, 0.5) is 0 Å². The molecule has 2 rings (SSSR count). The molecule has 2 heterocycles. The molecule has 0 radical (unpaired) electrons. The van der Waals surface area contributed by atoms with E-state index >= 15 is 0 Å². The van der Waals surface area contributed by atoms with E-state index in [1.54, 1.807) is 0 Å². The average molecular weight is 409 g/mol. The normalized spacial score (nSPS) is 27.0. The first kappa shape index (κ1) is 18.7. The first-order chi connectivity index (χ1) is 9.85. The van der Waals surface area contributed by atoms with Crippen molar-refractivity contribution in [3.63, 3.8) is 0 Å². The topological polar surface area (TPSA) is 46.1 Å². The number of morpholine rings is 1. The van der Waals surface area contributed by atoms with E-state index in [9.17, 15) is 0 Å². The molecule has 0 aromatic rings. The molecule has 0 amide bonds. The lowest BCUT2D eigenvalue weighted by atomic mass is 10.1. The van der Waals surface area contributed by atoms with Crippen molar-refractivity contribution in [1.29, 1.82) is 0 Å². The number of nitrogens with zero attached hydrogens (tertiary/aromatic N) is 2. The Bertz CT molecular complexity index is 344. The van der Waals surface area contributed by atoms with Crippen LogP contribution in [0.3, 0.4) is 0 Å². The van der Waals surface area contributed by atoms with E-state index in [4.69, 9.17) is 9.47 Å². The highest BCUT2D eigenvalue weighted by atomic mass is 127. The smallest absolute Gasteiger partial charge is 0.193 e. The van der Waals surface area contributed by atoms with Crippen LogP contribution in [0.15, 0.2) is 17.1 Å². The van der Waals surface area contributed by atoms with Gasteiger partial charge in [0, 0.05) is 33.3 Å². The summed E-state index contributed by atoms with van der Waals surface area (Å²) >= 11 is 0. The van der Waals surface area contributed by atoms with Crippen molar-refractivity contribution in [2.75, 3.05) is 39.9 Å². The van der Waals surface area contributed by atoms with Gasteiger partial charge in [0.2, 0.25) is 0 Å². The fourth-order valence-electron chi connectivity index (χ4n) is 2.75. The quantitative estimate of drug-likeness (QED) is 0.254. The van der Waals surface area contributed by atoms with Gasteiger partial charge in [-0.25, -0.2) is 0 Å². The summed E-state index contributed by atoms with van der Waals surface area (Å²) in [5.74, 6) is 0.973. The predicted octanol–water partition coefficient (Wildman–Crippen LogP) is 2.03. The second-order valence-electron chi connectivity index (χ2n) is 5.24. The Hall–Kier alpha value is -0.340. The van der Waals surface area contributed by atoms with E-state index in [1.807, 2.05) is 14.0 Å². The zero-order chi connectivity index (χ0) is 14.2. The Balaban J connectivity index is 0.00000220. The van der Waals surface area contributed by atoms with Gasteiger partial charge in [0.05, 0.1) is 12.7 Å². The van der Waals surface area contributed by atoms with Crippen molar-refractivity contribution in [1.82, 2.24) is 10.2 Å². The fourth-order valence-corrected chi connectivity index (χ4v) is 2.75. The van der Waals surface area contributed by atoms with Gasteiger partial charge in [0.1, 0.15) is 6.10 Å². The van der Waals surface area contributed by atoms with Crippen LogP contribution in [-0.4, -0.2) is 63.0 Å². The minimum atomic E-state index is 0. The van der Waals surface area contributed by atoms with Crippen LogP contribution in [-0.2, 0) is 9.47 Å². The van der Waals surface area contributed by atoms with Gasteiger partial charge in [-0.2, -0.15) is 0 Å². The Morgan fingerprint density at radius 3 is 2.81 bits per heavy atom. The van der Waals surface area contributed by atoms with Crippen LogP contribution in [0.2, 0.25) is 0 Å². The Kier molecular flexibility index (Phi) is 9.26.